The number of carbonyl (C=O) groups excluding carboxylic acids is 1. The average Bonchev–Trinajstić information content (AvgIpc) is 2.48. The Kier molecular flexibility index (Phi) is 4.05. The van der Waals surface area contributed by atoms with Crippen LogP contribution in [0.1, 0.15) is 29.6 Å². The van der Waals surface area contributed by atoms with Crippen LogP contribution in [0.4, 0.5) is 0 Å². The number of pyridine rings is 1. The van der Waals surface area contributed by atoms with Crippen molar-refractivity contribution >= 4 is 21.8 Å². The van der Waals surface area contributed by atoms with Crippen molar-refractivity contribution in [2.24, 2.45) is 0 Å². The number of carbonyl (C=O) groups is 1. The highest BCUT2D eigenvalue weighted by Gasteiger charge is 2.39. The van der Waals surface area contributed by atoms with E-state index in [2.05, 4.69) is 20.9 Å². The first kappa shape index (κ1) is 14.0. The molecule has 0 unspecified atom stereocenters. The summed E-state index contributed by atoms with van der Waals surface area (Å²) in [7, 11) is 0. The number of rotatable bonds is 1. The number of aromatic nitrogens is 1. The summed E-state index contributed by atoms with van der Waals surface area (Å²) in [5.41, 5.74) is 0.612. The van der Waals surface area contributed by atoms with Crippen molar-refractivity contribution in [1.82, 2.24) is 9.88 Å². The molecule has 2 aliphatic rings. The first-order valence-electron chi connectivity index (χ1n) is 6.86. The fourth-order valence-electron chi connectivity index (χ4n) is 2.67. The van der Waals surface area contributed by atoms with Crippen molar-refractivity contribution in [3.63, 3.8) is 0 Å². The maximum Gasteiger partial charge on any atom is 0.255 e. The molecule has 1 amide bonds. The monoisotopic (exact) mass is 340 g/mol. The molecule has 5 nitrogen and oxygen atoms in total. The number of hydrogen-bond acceptors (Lipinski definition) is 4. The molecular weight excluding hydrogens is 324 g/mol. The second kappa shape index (κ2) is 5.79. The number of amides is 1. The van der Waals surface area contributed by atoms with Gasteiger partial charge >= 0.3 is 0 Å². The smallest absolute Gasteiger partial charge is 0.255 e. The molecule has 108 valence electrons. The van der Waals surface area contributed by atoms with Gasteiger partial charge < -0.3 is 14.4 Å². The van der Waals surface area contributed by atoms with Gasteiger partial charge in [0.15, 0.2) is 5.79 Å². The first-order chi connectivity index (χ1) is 9.69. The van der Waals surface area contributed by atoms with Gasteiger partial charge in [-0.05, 0) is 28.4 Å². The number of nitrogens with zero attached hydrogens (tertiary/aromatic N) is 2. The van der Waals surface area contributed by atoms with Gasteiger partial charge in [-0.25, -0.2) is 0 Å². The van der Waals surface area contributed by atoms with Crippen molar-refractivity contribution in [3.05, 3.63) is 28.5 Å². The molecule has 0 aromatic carbocycles. The summed E-state index contributed by atoms with van der Waals surface area (Å²) in [4.78, 5) is 18.3. The SMILES string of the molecule is O=C(c1cncc(Br)c1)N1CCC2(CC1)OCCCO2. The molecule has 0 aliphatic carbocycles. The molecule has 20 heavy (non-hydrogen) atoms. The molecule has 1 aromatic heterocycles. The molecule has 0 atom stereocenters. The van der Waals surface area contributed by atoms with Gasteiger partial charge in [-0.2, -0.15) is 0 Å². The molecular formula is C14H17BrN2O3. The Hall–Kier alpha value is -0.980. The normalized spacial score (nSPS) is 21.9. The van der Waals surface area contributed by atoms with Crippen LogP contribution in [0.2, 0.25) is 0 Å². The molecule has 3 heterocycles. The molecule has 0 bridgehead atoms. The summed E-state index contributed by atoms with van der Waals surface area (Å²) in [5.74, 6) is -0.436. The Balaban J connectivity index is 1.64. The van der Waals surface area contributed by atoms with Crippen LogP contribution in [-0.2, 0) is 9.47 Å². The van der Waals surface area contributed by atoms with E-state index in [-0.39, 0.29) is 5.91 Å². The van der Waals surface area contributed by atoms with Gasteiger partial charge in [0.05, 0.1) is 18.8 Å². The van der Waals surface area contributed by atoms with E-state index in [1.165, 1.54) is 0 Å². The van der Waals surface area contributed by atoms with Gasteiger partial charge in [0.1, 0.15) is 0 Å². The Morgan fingerprint density at radius 3 is 2.60 bits per heavy atom. The van der Waals surface area contributed by atoms with E-state index < -0.39 is 5.79 Å². The number of piperidine rings is 1. The maximum atomic E-state index is 12.4. The minimum absolute atomic E-state index is 0.0180. The molecule has 2 aliphatic heterocycles. The van der Waals surface area contributed by atoms with Crippen LogP contribution in [0.3, 0.4) is 0 Å². The Bertz CT molecular complexity index is 493. The van der Waals surface area contributed by atoms with Crippen LogP contribution in [0, 0.1) is 0 Å². The predicted molar refractivity (Wildman–Crippen MR) is 76.3 cm³/mol. The highest BCUT2D eigenvalue weighted by Crippen LogP contribution is 2.31. The fourth-order valence-corrected chi connectivity index (χ4v) is 3.03. The highest BCUT2D eigenvalue weighted by atomic mass is 79.9. The molecule has 2 fully saturated rings. The van der Waals surface area contributed by atoms with Gasteiger partial charge in [-0.3, -0.25) is 9.78 Å². The highest BCUT2D eigenvalue weighted by molar-refractivity contribution is 9.10. The standard InChI is InChI=1S/C14H17BrN2O3/c15-12-8-11(9-16-10-12)13(18)17-4-2-14(3-5-17)19-6-1-7-20-14/h8-10H,1-7H2. The zero-order chi connectivity index (χ0) is 14.0. The number of likely N-dealkylation sites (tertiary alicyclic amines) is 1. The topological polar surface area (TPSA) is 51.7 Å². The van der Waals surface area contributed by atoms with E-state index in [4.69, 9.17) is 9.47 Å². The molecule has 1 aromatic rings. The molecule has 0 N–H and O–H groups in total. The zero-order valence-corrected chi connectivity index (χ0v) is 12.8. The van der Waals surface area contributed by atoms with E-state index in [1.54, 1.807) is 18.5 Å². The van der Waals surface area contributed by atoms with E-state index in [9.17, 15) is 4.79 Å². The summed E-state index contributed by atoms with van der Waals surface area (Å²) in [6.07, 6.45) is 5.70. The van der Waals surface area contributed by atoms with Crippen LogP contribution >= 0.6 is 15.9 Å². The first-order valence-corrected chi connectivity index (χ1v) is 7.66. The van der Waals surface area contributed by atoms with Crippen molar-refractivity contribution in [2.75, 3.05) is 26.3 Å². The minimum atomic E-state index is -0.454. The summed E-state index contributed by atoms with van der Waals surface area (Å²) in [6.45, 7) is 2.82. The van der Waals surface area contributed by atoms with E-state index in [0.29, 0.717) is 18.7 Å². The van der Waals surface area contributed by atoms with Crippen molar-refractivity contribution < 1.29 is 14.3 Å². The van der Waals surface area contributed by atoms with Gasteiger partial charge in [-0.1, -0.05) is 0 Å². The van der Waals surface area contributed by atoms with Gasteiger partial charge in [0.2, 0.25) is 0 Å². The number of halogens is 1. The Labute approximate surface area is 126 Å². The lowest BCUT2D eigenvalue weighted by atomic mass is 10.0. The average molecular weight is 341 g/mol. The molecule has 2 saturated heterocycles. The molecule has 6 heteroatoms. The van der Waals surface area contributed by atoms with Crippen molar-refractivity contribution in [3.8, 4) is 0 Å². The van der Waals surface area contributed by atoms with Crippen LogP contribution in [0.15, 0.2) is 22.9 Å². The van der Waals surface area contributed by atoms with Gasteiger partial charge in [0.25, 0.3) is 5.91 Å². The summed E-state index contributed by atoms with van der Waals surface area (Å²) in [5, 5.41) is 0. The van der Waals surface area contributed by atoms with Crippen molar-refractivity contribution in [1.29, 1.82) is 0 Å². The fraction of sp³-hybridized carbons (Fsp3) is 0.571. The van der Waals surface area contributed by atoms with Gasteiger partial charge in [0, 0.05) is 42.8 Å². The van der Waals surface area contributed by atoms with Crippen LogP contribution in [0.25, 0.3) is 0 Å². The van der Waals surface area contributed by atoms with Crippen LogP contribution in [0.5, 0.6) is 0 Å². The maximum absolute atomic E-state index is 12.4. The lowest BCUT2D eigenvalue weighted by Crippen LogP contribution is -2.51. The second-order valence-corrected chi connectivity index (χ2v) is 6.06. The third-order valence-corrected chi connectivity index (χ3v) is 4.22. The Morgan fingerprint density at radius 2 is 1.95 bits per heavy atom. The molecule has 3 rings (SSSR count). The van der Waals surface area contributed by atoms with Gasteiger partial charge in [-0.15, -0.1) is 0 Å². The lowest BCUT2D eigenvalue weighted by molar-refractivity contribution is -0.281. The summed E-state index contributed by atoms with van der Waals surface area (Å²) >= 11 is 3.34. The molecule has 0 radical (unpaired) electrons. The quantitative estimate of drug-likeness (QED) is 0.786. The molecule has 0 saturated carbocycles. The lowest BCUT2D eigenvalue weighted by Gasteiger charge is -2.43. The minimum Gasteiger partial charge on any atom is -0.350 e. The third kappa shape index (κ3) is 2.87. The number of ether oxygens (including phenoxy) is 2. The van der Waals surface area contributed by atoms with Crippen LogP contribution < -0.4 is 0 Å². The molecule has 1 spiro atoms. The van der Waals surface area contributed by atoms with Crippen molar-refractivity contribution in [2.45, 2.75) is 25.0 Å². The predicted octanol–water partition coefficient (Wildman–Crippen LogP) is 2.21. The summed E-state index contributed by atoms with van der Waals surface area (Å²) < 4.78 is 12.4. The van der Waals surface area contributed by atoms with Crippen LogP contribution in [-0.4, -0.2) is 47.9 Å². The van der Waals surface area contributed by atoms with E-state index in [0.717, 1.165) is 36.9 Å². The summed E-state index contributed by atoms with van der Waals surface area (Å²) in [6, 6.07) is 1.80. The van der Waals surface area contributed by atoms with E-state index in [1.807, 2.05) is 4.90 Å². The Morgan fingerprint density at radius 1 is 1.25 bits per heavy atom. The number of hydrogen-bond donors (Lipinski definition) is 0. The van der Waals surface area contributed by atoms with E-state index >= 15 is 0 Å². The zero-order valence-electron chi connectivity index (χ0n) is 11.2. The third-order valence-electron chi connectivity index (χ3n) is 3.78. The largest absolute Gasteiger partial charge is 0.350 e. The second-order valence-electron chi connectivity index (χ2n) is 5.15.